The number of hydrogen-bond acceptors (Lipinski definition) is 6. The summed E-state index contributed by atoms with van der Waals surface area (Å²) in [7, 11) is -3.82. The molecule has 10 heteroatoms. The lowest BCUT2D eigenvalue weighted by Crippen LogP contribution is -2.53. The van der Waals surface area contributed by atoms with Crippen LogP contribution in [0.25, 0.3) is 0 Å². The van der Waals surface area contributed by atoms with E-state index in [9.17, 15) is 18.0 Å². The highest BCUT2D eigenvalue weighted by Gasteiger charge is 2.31. The highest BCUT2D eigenvalue weighted by Crippen LogP contribution is 2.35. The number of benzene rings is 2. The Balaban J connectivity index is 1.89. The molecule has 0 saturated carbocycles. The van der Waals surface area contributed by atoms with Crippen LogP contribution in [0.4, 0.5) is 5.69 Å². The van der Waals surface area contributed by atoms with Crippen LogP contribution in [-0.2, 0) is 26.0 Å². The normalized spacial score (nSPS) is 14.4. The van der Waals surface area contributed by atoms with Crippen molar-refractivity contribution >= 4 is 27.5 Å². The summed E-state index contributed by atoms with van der Waals surface area (Å²) in [5.41, 5.74) is 1.32. The predicted octanol–water partition coefficient (Wildman–Crippen LogP) is 2.99. The molecule has 1 aliphatic rings. The van der Waals surface area contributed by atoms with Crippen LogP contribution in [0, 0.1) is 0 Å². The SMILES string of the molecule is CC[C@@H](C)NC(=O)[C@@H](C)N(CCc1ccccc1)C(=O)CN(c1ccc2c(c1)OCCO2)S(=O)(=O)CC. The fraction of sp³-hybridized carbons (Fsp3) is 0.481. The van der Waals surface area contributed by atoms with E-state index in [1.54, 1.807) is 25.1 Å². The predicted molar refractivity (Wildman–Crippen MR) is 143 cm³/mol. The average molecular weight is 532 g/mol. The highest BCUT2D eigenvalue weighted by atomic mass is 32.2. The van der Waals surface area contributed by atoms with E-state index in [0.717, 1.165) is 16.3 Å². The maximum atomic E-state index is 13.7. The zero-order valence-electron chi connectivity index (χ0n) is 22.0. The Morgan fingerprint density at radius 1 is 1.00 bits per heavy atom. The standard InChI is InChI=1S/C27H37N3O6S/c1-5-20(3)28-27(32)21(4)29(15-14-22-10-8-7-9-11-22)26(31)19-30(37(33,34)6-2)23-12-13-24-25(18-23)36-17-16-35-24/h7-13,18,20-21H,5-6,14-17,19H2,1-4H3,(H,28,32)/t20-,21-/m1/s1. The molecule has 2 aromatic rings. The first-order valence-electron chi connectivity index (χ1n) is 12.7. The van der Waals surface area contributed by atoms with Gasteiger partial charge in [0.25, 0.3) is 0 Å². The molecule has 2 amide bonds. The Hall–Kier alpha value is -3.27. The van der Waals surface area contributed by atoms with Crippen LogP contribution in [0.5, 0.6) is 11.5 Å². The van der Waals surface area contributed by atoms with Gasteiger partial charge in [0.15, 0.2) is 11.5 Å². The number of nitrogens with one attached hydrogen (secondary N) is 1. The molecule has 0 aliphatic carbocycles. The van der Waals surface area contributed by atoms with E-state index in [1.807, 2.05) is 44.2 Å². The van der Waals surface area contributed by atoms with E-state index in [4.69, 9.17) is 9.47 Å². The number of carbonyl (C=O) groups is 2. The van der Waals surface area contributed by atoms with Gasteiger partial charge in [0.05, 0.1) is 11.4 Å². The first kappa shape index (κ1) is 28.3. The van der Waals surface area contributed by atoms with E-state index in [1.165, 1.54) is 11.8 Å². The summed E-state index contributed by atoms with van der Waals surface area (Å²) in [6.07, 6.45) is 1.28. The maximum Gasteiger partial charge on any atom is 0.244 e. The number of carbonyl (C=O) groups excluding carboxylic acids is 2. The molecule has 0 bridgehead atoms. The summed E-state index contributed by atoms with van der Waals surface area (Å²) in [6, 6.07) is 13.6. The lowest BCUT2D eigenvalue weighted by atomic mass is 10.1. The summed E-state index contributed by atoms with van der Waals surface area (Å²) < 4.78 is 38.5. The Bertz CT molecular complexity index is 1170. The smallest absolute Gasteiger partial charge is 0.244 e. The largest absolute Gasteiger partial charge is 0.486 e. The van der Waals surface area contributed by atoms with E-state index < -0.39 is 28.5 Å². The third kappa shape index (κ3) is 7.38. The van der Waals surface area contributed by atoms with E-state index in [-0.39, 0.29) is 24.2 Å². The molecule has 0 unspecified atom stereocenters. The number of rotatable bonds is 12. The van der Waals surface area contributed by atoms with Crippen molar-refractivity contribution in [3.8, 4) is 11.5 Å². The first-order chi connectivity index (χ1) is 17.7. The van der Waals surface area contributed by atoms with Crippen molar-refractivity contribution in [1.29, 1.82) is 0 Å². The second-order valence-electron chi connectivity index (χ2n) is 9.05. The molecule has 3 rings (SSSR count). The van der Waals surface area contributed by atoms with Crippen LogP contribution in [0.3, 0.4) is 0 Å². The van der Waals surface area contributed by atoms with Crippen LogP contribution in [-0.4, -0.2) is 69.3 Å². The number of amides is 2. The number of anilines is 1. The number of hydrogen-bond donors (Lipinski definition) is 1. The topological polar surface area (TPSA) is 105 Å². The van der Waals surface area contributed by atoms with Gasteiger partial charge in [0.2, 0.25) is 21.8 Å². The molecule has 0 fully saturated rings. The fourth-order valence-electron chi connectivity index (χ4n) is 3.94. The number of sulfonamides is 1. The second kappa shape index (κ2) is 12.8. The minimum absolute atomic E-state index is 0.0456. The van der Waals surface area contributed by atoms with Gasteiger partial charge < -0.3 is 19.7 Å². The van der Waals surface area contributed by atoms with Gasteiger partial charge in [-0.3, -0.25) is 13.9 Å². The first-order valence-corrected chi connectivity index (χ1v) is 14.3. The summed E-state index contributed by atoms with van der Waals surface area (Å²) in [6.45, 7) is 7.65. The van der Waals surface area contributed by atoms with Crippen molar-refractivity contribution < 1.29 is 27.5 Å². The third-order valence-electron chi connectivity index (χ3n) is 6.45. The monoisotopic (exact) mass is 531 g/mol. The molecule has 1 heterocycles. The molecular weight excluding hydrogens is 494 g/mol. The minimum Gasteiger partial charge on any atom is -0.486 e. The lowest BCUT2D eigenvalue weighted by Gasteiger charge is -2.32. The molecule has 0 spiro atoms. The van der Waals surface area contributed by atoms with Gasteiger partial charge in [0, 0.05) is 18.7 Å². The zero-order chi connectivity index (χ0) is 27.0. The Morgan fingerprint density at radius 2 is 1.68 bits per heavy atom. The van der Waals surface area contributed by atoms with Crippen molar-refractivity contribution in [1.82, 2.24) is 10.2 Å². The Labute approximate surface area is 219 Å². The molecule has 0 aromatic heterocycles. The van der Waals surface area contributed by atoms with Crippen molar-refractivity contribution in [2.45, 2.75) is 52.6 Å². The zero-order valence-corrected chi connectivity index (χ0v) is 22.8. The molecule has 1 N–H and O–H groups in total. The van der Waals surface area contributed by atoms with E-state index in [0.29, 0.717) is 36.8 Å². The Kier molecular flexibility index (Phi) is 9.79. The molecule has 37 heavy (non-hydrogen) atoms. The molecular formula is C27H37N3O6S. The van der Waals surface area contributed by atoms with Gasteiger partial charge in [-0.15, -0.1) is 0 Å². The van der Waals surface area contributed by atoms with E-state index in [2.05, 4.69) is 5.32 Å². The van der Waals surface area contributed by atoms with E-state index >= 15 is 0 Å². The maximum absolute atomic E-state index is 13.7. The van der Waals surface area contributed by atoms with Crippen LogP contribution < -0.4 is 19.1 Å². The highest BCUT2D eigenvalue weighted by molar-refractivity contribution is 7.92. The molecule has 0 saturated heterocycles. The quantitative estimate of drug-likeness (QED) is 0.452. The van der Waals surface area contributed by atoms with Crippen molar-refractivity contribution in [2.24, 2.45) is 0 Å². The number of nitrogens with zero attached hydrogens (tertiary/aromatic N) is 2. The Morgan fingerprint density at radius 3 is 2.32 bits per heavy atom. The molecule has 2 aromatic carbocycles. The molecule has 0 radical (unpaired) electrons. The van der Waals surface area contributed by atoms with Crippen molar-refractivity contribution in [3.63, 3.8) is 0 Å². The summed E-state index contributed by atoms with van der Waals surface area (Å²) in [5, 5.41) is 2.93. The van der Waals surface area contributed by atoms with Gasteiger partial charge in [-0.25, -0.2) is 8.42 Å². The van der Waals surface area contributed by atoms with Crippen LogP contribution >= 0.6 is 0 Å². The van der Waals surface area contributed by atoms with Gasteiger partial charge in [-0.05, 0) is 51.3 Å². The number of ether oxygens (including phenoxy) is 2. The molecule has 202 valence electrons. The summed E-state index contributed by atoms with van der Waals surface area (Å²) in [5.74, 6) is 0.0161. The van der Waals surface area contributed by atoms with Gasteiger partial charge >= 0.3 is 0 Å². The number of fused-ring (bicyclic) bond motifs is 1. The van der Waals surface area contributed by atoms with Gasteiger partial charge in [0.1, 0.15) is 25.8 Å². The molecule has 9 nitrogen and oxygen atoms in total. The van der Waals surface area contributed by atoms with Gasteiger partial charge in [-0.1, -0.05) is 37.3 Å². The van der Waals surface area contributed by atoms with Crippen molar-refractivity contribution in [3.05, 3.63) is 54.1 Å². The molecule has 2 atom stereocenters. The minimum atomic E-state index is -3.82. The van der Waals surface area contributed by atoms with Crippen molar-refractivity contribution in [2.75, 3.05) is 36.4 Å². The summed E-state index contributed by atoms with van der Waals surface area (Å²) >= 11 is 0. The second-order valence-corrected chi connectivity index (χ2v) is 11.2. The van der Waals surface area contributed by atoms with Crippen LogP contribution in [0.1, 0.15) is 39.7 Å². The summed E-state index contributed by atoms with van der Waals surface area (Å²) in [4.78, 5) is 28.1. The average Bonchev–Trinajstić information content (AvgIpc) is 2.91. The van der Waals surface area contributed by atoms with Crippen LogP contribution in [0.15, 0.2) is 48.5 Å². The lowest BCUT2D eigenvalue weighted by molar-refractivity contribution is -0.139. The third-order valence-corrected chi connectivity index (χ3v) is 8.19. The fourth-order valence-corrected chi connectivity index (χ4v) is 5.00. The molecule has 1 aliphatic heterocycles. The van der Waals surface area contributed by atoms with Gasteiger partial charge in [-0.2, -0.15) is 0 Å². The van der Waals surface area contributed by atoms with Crippen LogP contribution in [0.2, 0.25) is 0 Å².